The summed E-state index contributed by atoms with van der Waals surface area (Å²) >= 11 is 7.48. The van der Waals surface area contributed by atoms with Crippen molar-refractivity contribution in [2.24, 2.45) is 0 Å². The molecular weight excluding hydrogens is 414 g/mol. The molecule has 2 saturated heterocycles. The van der Waals surface area contributed by atoms with E-state index in [2.05, 4.69) is 15.1 Å². The van der Waals surface area contributed by atoms with Crippen LogP contribution < -0.4 is 0 Å². The minimum atomic E-state index is 0.0960. The van der Waals surface area contributed by atoms with Crippen molar-refractivity contribution < 1.29 is 14.3 Å². The van der Waals surface area contributed by atoms with Gasteiger partial charge in [-0.25, -0.2) is 0 Å². The smallest absolute Gasteiger partial charge is 0.233 e. The van der Waals surface area contributed by atoms with E-state index in [1.165, 1.54) is 11.8 Å². The van der Waals surface area contributed by atoms with Crippen LogP contribution in [0.4, 0.5) is 0 Å². The van der Waals surface area contributed by atoms with Gasteiger partial charge in [-0.15, -0.1) is 10.2 Å². The summed E-state index contributed by atoms with van der Waals surface area (Å²) in [5, 5.41) is 10.2. The Labute approximate surface area is 179 Å². The van der Waals surface area contributed by atoms with Gasteiger partial charge in [-0.3, -0.25) is 14.3 Å². The van der Waals surface area contributed by atoms with Crippen molar-refractivity contribution in [2.75, 3.05) is 58.4 Å². The Morgan fingerprint density at radius 1 is 1.00 bits per heavy atom. The van der Waals surface area contributed by atoms with E-state index in [1.807, 2.05) is 33.7 Å². The van der Waals surface area contributed by atoms with Gasteiger partial charge in [-0.05, 0) is 24.3 Å². The van der Waals surface area contributed by atoms with Crippen molar-refractivity contribution in [3.63, 3.8) is 0 Å². The first-order valence-electron chi connectivity index (χ1n) is 9.69. The number of hydrogen-bond acceptors (Lipinski definition) is 7. The van der Waals surface area contributed by atoms with Crippen LogP contribution >= 0.6 is 23.4 Å². The highest BCUT2D eigenvalue weighted by molar-refractivity contribution is 7.99. The van der Waals surface area contributed by atoms with Gasteiger partial charge in [0.15, 0.2) is 11.0 Å². The lowest BCUT2D eigenvalue weighted by molar-refractivity contribution is -0.132. The highest BCUT2D eigenvalue weighted by Crippen LogP contribution is 2.24. The zero-order chi connectivity index (χ0) is 20.1. The minimum Gasteiger partial charge on any atom is -0.379 e. The van der Waals surface area contributed by atoms with Crippen LogP contribution in [0.2, 0.25) is 5.02 Å². The summed E-state index contributed by atoms with van der Waals surface area (Å²) in [5.74, 6) is 1.26. The molecule has 3 heterocycles. The third kappa shape index (κ3) is 5.29. The quantitative estimate of drug-likeness (QED) is 0.637. The van der Waals surface area contributed by atoms with Gasteiger partial charge in [-0.2, -0.15) is 0 Å². The van der Waals surface area contributed by atoms with Crippen LogP contribution in [-0.4, -0.2) is 88.8 Å². The molecule has 0 radical (unpaired) electrons. The largest absolute Gasteiger partial charge is 0.379 e. The number of thioether (sulfide) groups is 1. The summed E-state index contributed by atoms with van der Waals surface area (Å²) in [6.45, 7) is 6.35. The zero-order valence-electron chi connectivity index (χ0n) is 16.1. The molecule has 1 aromatic heterocycles. The molecule has 8 nitrogen and oxygen atoms in total. The summed E-state index contributed by atoms with van der Waals surface area (Å²) in [5.41, 5.74) is 0.934. The highest BCUT2D eigenvalue weighted by atomic mass is 35.5. The van der Waals surface area contributed by atoms with E-state index < -0.39 is 0 Å². The average molecular weight is 438 g/mol. The Morgan fingerprint density at radius 2 is 1.66 bits per heavy atom. The fourth-order valence-corrected chi connectivity index (χ4v) is 4.33. The molecule has 2 aliphatic heterocycles. The van der Waals surface area contributed by atoms with Crippen LogP contribution in [0.3, 0.4) is 0 Å². The second kappa shape index (κ2) is 9.90. The molecule has 2 fully saturated rings. The van der Waals surface area contributed by atoms with Gasteiger partial charge in [0.25, 0.3) is 0 Å². The molecular formula is C19H24ClN5O3S. The van der Waals surface area contributed by atoms with E-state index >= 15 is 0 Å². The predicted octanol–water partition coefficient (Wildman–Crippen LogP) is 1.70. The monoisotopic (exact) mass is 437 g/mol. The molecule has 0 N–H and O–H groups in total. The fourth-order valence-electron chi connectivity index (χ4n) is 3.34. The van der Waals surface area contributed by atoms with Gasteiger partial charge in [0.1, 0.15) is 0 Å². The molecule has 156 valence electrons. The van der Waals surface area contributed by atoms with Gasteiger partial charge in [0, 0.05) is 36.9 Å². The zero-order valence-corrected chi connectivity index (χ0v) is 17.7. The molecule has 1 aromatic carbocycles. The summed E-state index contributed by atoms with van der Waals surface area (Å²) < 4.78 is 12.8. The summed E-state index contributed by atoms with van der Waals surface area (Å²) in [6.07, 6.45) is 0. The minimum absolute atomic E-state index is 0.0960. The second-order valence-corrected chi connectivity index (χ2v) is 8.26. The number of carbonyl (C=O) groups excluding carboxylic acids is 1. The number of rotatable bonds is 6. The highest BCUT2D eigenvalue weighted by Gasteiger charge is 2.22. The normalized spacial score (nSPS) is 18.2. The van der Waals surface area contributed by atoms with Crippen LogP contribution in [0.1, 0.15) is 5.82 Å². The molecule has 1 amide bonds. The van der Waals surface area contributed by atoms with E-state index in [0.29, 0.717) is 48.8 Å². The Bertz CT molecular complexity index is 820. The van der Waals surface area contributed by atoms with E-state index in [9.17, 15) is 4.79 Å². The van der Waals surface area contributed by atoms with Gasteiger partial charge in [-0.1, -0.05) is 23.4 Å². The molecule has 0 saturated carbocycles. The lowest BCUT2D eigenvalue weighted by Gasteiger charge is -2.27. The van der Waals surface area contributed by atoms with Gasteiger partial charge < -0.3 is 14.4 Å². The van der Waals surface area contributed by atoms with Crippen molar-refractivity contribution in [1.82, 2.24) is 24.6 Å². The number of amides is 1. The lowest BCUT2D eigenvalue weighted by Crippen LogP contribution is -2.41. The summed E-state index contributed by atoms with van der Waals surface area (Å²) in [4.78, 5) is 16.7. The van der Waals surface area contributed by atoms with Crippen LogP contribution in [0.15, 0.2) is 29.4 Å². The van der Waals surface area contributed by atoms with Crippen molar-refractivity contribution in [2.45, 2.75) is 11.7 Å². The molecule has 0 bridgehead atoms. The van der Waals surface area contributed by atoms with E-state index in [4.69, 9.17) is 21.1 Å². The maximum atomic E-state index is 12.5. The molecule has 2 aliphatic rings. The van der Waals surface area contributed by atoms with Crippen molar-refractivity contribution in [3.8, 4) is 5.69 Å². The number of aromatic nitrogens is 3. The van der Waals surface area contributed by atoms with E-state index in [0.717, 1.165) is 37.8 Å². The third-order valence-corrected chi connectivity index (χ3v) is 6.11. The van der Waals surface area contributed by atoms with Crippen molar-refractivity contribution in [3.05, 3.63) is 35.1 Å². The predicted molar refractivity (Wildman–Crippen MR) is 111 cm³/mol. The van der Waals surface area contributed by atoms with Crippen LogP contribution in [-0.2, 0) is 20.8 Å². The molecule has 0 spiro atoms. The third-order valence-electron chi connectivity index (χ3n) is 4.94. The molecule has 29 heavy (non-hydrogen) atoms. The summed E-state index contributed by atoms with van der Waals surface area (Å²) in [6, 6.07) is 7.59. The fraction of sp³-hybridized carbons (Fsp3) is 0.526. The Hall–Kier alpha value is -1.65. The summed E-state index contributed by atoms with van der Waals surface area (Å²) in [7, 11) is 0. The molecule has 4 rings (SSSR count). The number of halogens is 1. The standard InChI is InChI=1S/C19H24ClN5O3S/c20-15-1-3-16(4-2-15)25-17(13-23-5-9-27-10-6-23)21-22-19(25)29-14-18(26)24-7-11-28-12-8-24/h1-4H,5-14H2. The molecule has 0 aliphatic carbocycles. The molecule has 2 aromatic rings. The van der Waals surface area contributed by atoms with E-state index in [-0.39, 0.29) is 5.91 Å². The number of nitrogens with zero attached hydrogens (tertiary/aromatic N) is 5. The van der Waals surface area contributed by atoms with Crippen LogP contribution in [0.25, 0.3) is 5.69 Å². The number of carbonyl (C=O) groups is 1. The number of benzene rings is 1. The van der Waals surface area contributed by atoms with Crippen LogP contribution in [0, 0.1) is 0 Å². The molecule has 10 heteroatoms. The van der Waals surface area contributed by atoms with Crippen molar-refractivity contribution in [1.29, 1.82) is 0 Å². The maximum Gasteiger partial charge on any atom is 0.233 e. The first kappa shape index (κ1) is 20.6. The Balaban J connectivity index is 1.52. The van der Waals surface area contributed by atoms with Gasteiger partial charge in [0.2, 0.25) is 5.91 Å². The van der Waals surface area contributed by atoms with E-state index in [1.54, 1.807) is 0 Å². The second-order valence-electron chi connectivity index (χ2n) is 6.88. The lowest BCUT2D eigenvalue weighted by atomic mass is 10.3. The van der Waals surface area contributed by atoms with Gasteiger partial charge in [0.05, 0.1) is 38.7 Å². The van der Waals surface area contributed by atoms with Crippen LogP contribution in [0.5, 0.6) is 0 Å². The van der Waals surface area contributed by atoms with Gasteiger partial charge >= 0.3 is 0 Å². The topological polar surface area (TPSA) is 72.7 Å². The molecule has 0 atom stereocenters. The Kier molecular flexibility index (Phi) is 7.04. The first-order valence-corrected chi connectivity index (χ1v) is 11.1. The number of hydrogen-bond donors (Lipinski definition) is 0. The number of ether oxygens (including phenoxy) is 2. The Morgan fingerprint density at radius 3 is 2.34 bits per heavy atom. The van der Waals surface area contributed by atoms with Crippen molar-refractivity contribution >= 4 is 29.3 Å². The maximum absolute atomic E-state index is 12.5. The average Bonchev–Trinajstić information content (AvgIpc) is 3.16. The SMILES string of the molecule is O=C(CSc1nnc(CN2CCOCC2)n1-c1ccc(Cl)cc1)N1CCOCC1. The number of morpholine rings is 2. The first-order chi connectivity index (χ1) is 14.2. The molecule has 0 unspecified atom stereocenters.